The molecule has 30 heavy (non-hydrogen) atoms. The number of ether oxygens (including phenoxy) is 2. The molecule has 12 heteroatoms. The zero-order valence-electron chi connectivity index (χ0n) is 16.1. The van der Waals surface area contributed by atoms with E-state index < -0.39 is 33.4 Å². The molecule has 4 N–H and O–H groups in total. The number of aromatic nitrogens is 2. The third-order valence-electron chi connectivity index (χ3n) is 3.92. The summed E-state index contributed by atoms with van der Waals surface area (Å²) in [5.74, 6) is -4.32. The Balaban J connectivity index is 2.00. The van der Waals surface area contributed by atoms with E-state index in [4.69, 9.17) is 9.47 Å². The van der Waals surface area contributed by atoms with Crippen molar-refractivity contribution in [1.82, 2.24) is 15.3 Å². The first-order chi connectivity index (χ1) is 14.3. The van der Waals surface area contributed by atoms with Gasteiger partial charge in [-0.05, 0) is 38.0 Å². The predicted octanol–water partition coefficient (Wildman–Crippen LogP) is 1.44. The fourth-order valence-electron chi connectivity index (χ4n) is 2.58. The minimum Gasteiger partial charge on any atom is -0.465 e. The Morgan fingerprint density at radius 2 is 1.80 bits per heavy atom. The number of rotatable bonds is 10. The first-order valence-corrected chi connectivity index (χ1v) is 10.2. The Bertz CT molecular complexity index is 984. The van der Waals surface area contributed by atoms with Crippen molar-refractivity contribution in [1.29, 1.82) is 0 Å². The van der Waals surface area contributed by atoms with Crippen LogP contribution in [0.5, 0.6) is 0 Å². The third-order valence-corrected chi connectivity index (χ3v) is 4.23. The molecule has 0 aliphatic carbocycles. The molecule has 162 valence electrons. The summed E-state index contributed by atoms with van der Waals surface area (Å²) in [6.07, 6.45) is 1.00. The lowest BCUT2D eigenvalue weighted by atomic mass is 10.1. The minimum atomic E-state index is -1.70. The third kappa shape index (κ3) is 6.86. The summed E-state index contributed by atoms with van der Waals surface area (Å²) in [5.41, 5.74) is 0.907. The maximum atomic E-state index is 12.6. The molecule has 1 unspecified atom stereocenters. The van der Waals surface area contributed by atoms with E-state index in [1.807, 2.05) is 0 Å². The van der Waals surface area contributed by atoms with Gasteiger partial charge in [0.05, 0.1) is 46.8 Å². The van der Waals surface area contributed by atoms with Crippen LogP contribution in [0, 0.1) is 5.92 Å². The Morgan fingerprint density at radius 1 is 1.07 bits per heavy atom. The normalized spacial score (nSPS) is 11.5. The molecule has 0 spiro atoms. The lowest BCUT2D eigenvalue weighted by Crippen LogP contribution is -2.44. The summed E-state index contributed by atoms with van der Waals surface area (Å²) in [4.78, 5) is 64.4. The fraction of sp³-hybridized carbons (Fsp3) is 0.389. The number of fused-ring (bicyclic) bond motifs is 1. The van der Waals surface area contributed by atoms with Crippen LogP contribution < -0.4 is 16.3 Å². The number of benzene rings is 1. The van der Waals surface area contributed by atoms with Crippen molar-refractivity contribution in [3.05, 3.63) is 28.7 Å². The number of carbonyl (C=O) groups is 4. The lowest BCUT2D eigenvalue weighted by molar-refractivity contribution is -0.154. The number of nitrogens with one attached hydrogen (secondary N) is 4. The highest BCUT2D eigenvalue weighted by molar-refractivity contribution is 14.1. The number of unbranched alkanes of at least 4 members (excludes halogenated alkanes) is 1. The lowest BCUT2D eigenvalue weighted by Gasteiger charge is -2.15. The summed E-state index contributed by atoms with van der Waals surface area (Å²) < 4.78 is 9.21. The van der Waals surface area contributed by atoms with Gasteiger partial charge in [-0.25, -0.2) is 9.59 Å². The van der Waals surface area contributed by atoms with Crippen LogP contribution in [0.15, 0.2) is 23.0 Å². The van der Waals surface area contributed by atoms with Gasteiger partial charge in [0.1, 0.15) is 0 Å². The monoisotopic (exact) mass is 532 g/mol. The Kier molecular flexibility index (Phi) is 8.83. The molecule has 0 saturated carbocycles. The zero-order valence-corrected chi connectivity index (χ0v) is 18.2. The van der Waals surface area contributed by atoms with E-state index in [9.17, 15) is 24.0 Å². The second-order valence-corrected chi connectivity index (χ2v) is 6.98. The van der Waals surface area contributed by atoms with E-state index in [0.717, 1.165) is 0 Å². The molecule has 11 nitrogen and oxygen atoms in total. The van der Waals surface area contributed by atoms with Crippen molar-refractivity contribution in [2.24, 2.45) is 5.92 Å². The number of hydrogen-bond donors (Lipinski definition) is 4. The number of amides is 2. The van der Waals surface area contributed by atoms with Crippen molar-refractivity contribution in [2.45, 2.75) is 19.8 Å². The predicted molar refractivity (Wildman–Crippen MR) is 115 cm³/mol. The molecule has 1 atom stereocenters. The van der Waals surface area contributed by atoms with Crippen LogP contribution in [0.4, 0.5) is 10.5 Å². The average molecular weight is 532 g/mol. The maximum Gasteiger partial charge on any atom is 0.367 e. The standard InChI is InChI=1S/C18H21IN4O7/c1-2-29-16(26)13(14(24)20-7-3-4-8-30-17(19)27)15(25)21-10-5-6-11-12(9-10)23-18(28)22-11/h5-6,9,13H,2-4,7-8H2,1H3,(H,20,24)(H,21,25)(H2,22,23,28). The average Bonchev–Trinajstić information content (AvgIpc) is 3.04. The van der Waals surface area contributed by atoms with Gasteiger partial charge >= 0.3 is 15.6 Å². The van der Waals surface area contributed by atoms with Crippen LogP contribution in [0.25, 0.3) is 11.0 Å². The summed E-state index contributed by atoms with van der Waals surface area (Å²) in [6, 6.07) is 4.60. The quantitative estimate of drug-likeness (QED) is 0.119. The Hall–Kier alpha value is -2.90. The molecule has 2 aromatic rings. The minimum absolute atomic E-state index is 0.00804. The van der Waals surface area contributed by atoms with Gasteiger partial charge in [-0.1, -0.05) is 0 Å². The zero-order chi connectivity index (χ0) is 22.1. The molecular formula is C18H21IN4O7. The molecule has 1 aromatic heterocycles. The van der Waals surface area contributed by atoms with Crippen molar-refractivity contribution in [3.8, 4) is 0 Å². The second kappa shape index (κ2) is 11.3. The van der Waals surface area contributed by atoms with Crippen LogP contribution in [-0.4, -0.2) is 51.5 Å². The van der Waals surface area contributed by atoms with Crippen LogP contribution in [-0.2, 0) is 23.9 Å². The van der Waals surface area contributed by atoms with Gasteiger partial charge in [-0.3, -0.25) is 14.4 Å². The number of imidazole rings is 1. The topological polar surface area (TPSA) is 159 Å². The summed E-state index contributed by atoms with van der Waals surface area (Å²) in [5, 5.41) is 5.01. The van der Waals surface area contributed by atoms with Crippen molar-refractivity contribution >= 4 is 61.1 Å². The molecular weight excluding hydrogens is 511 g/mol. The first-order valence-electron chi connectivity index (χ1n) is 9.11. The highest BCUT2D eigenvalue weighted by Gasteiger charge is 2.35. The molecule has 0 aliphatic heterocycles. The summed E-state index contributed by atoms with van der Waals surface area (Å²) in [6.45, 7) is 1.98. The van der Waals surface area contributed by atoms with E-state index in [1.54, 1.807) is 13.0 Å². The highest BCUT2D eigenvalue weighted by atomic mass is 127. The van der Waals surface area contributed by atoms with Gasteiger partial charge in [0, 0.05) is 12.2 Å². The van der Waals surface area contributed by atoms with Crippen LogP contribution >= 0.6 is 22.6 Å². The van der Waals surface area contributed by atoms with Crippen molar-refractivity contribution < 1.29 is 28.7 Å². The van der Waals surface area contributed by atoms with E-state index in [-0.39, 0.29) is 19.8 Å². The van der Waals surface area contributed by atoms with Crippen molar-refractivity contribution in [2.75, 3.05) is 25.1 Å². The van der Waals surface area contributed by atoms with Gasteiger partial charge in [0.15, 0.2) is 0 Å². The van der Waals surface area contributed by atoms with Gasteiger partial charge in [-0.15, -0.1) is 0 Å². The highest BCUT2D eigenvalue weighted by Crippen LogP contribution is 2.16. The SMILES string of the molecule is CCOC(=O)C(C(=O)NCCCCOC(=O)I)C(=O)Nc1ccc2[nH]c(=O)[nH]c2c1. The molecule has 2 amide bonds. The molecule has 0 fully saturated rings. The molecule has 0 bridgehead atoms. The van der Waals surface area contributed by atoms with E-state index in [0.29, 0.717) is 29.6 Å². The molecule has 0 saturated heterocycles. The van der Waals surface area contributed by atoms with Crippen LogP contribution in [0.3, 0.4) is 0 Å². The molecule has 2 rings (SSSR count). The van der Waals surface area contributed by atoms with Crippen LogP contribution in [0.1, 0.15) is 19.8 Å². The van der Waals surface area contributed by atoms with Gasteiger partial charge in [-0.2, -0.15) is 0 Å². The fourth-order valence-corrected chi connectivity index (χ4v) is 2.80. The van der Waals surface area contributed by atoms with E-state index in [1.165, 1.54) is 34.7 Å². The maximum absolute atomic E-state index is 12.6. The number of anilines is 1. The number of esters is 1. The number of aromatic amines is 2. The van der Waals surface area contributed by atoms with E-state index >= 15 is 0 Å². The van der Waals surface area contributed by atoms with Gasteiger partial charge < -0.3 is 30.1 Å². The van der Waals surface area contributed by atoms with Gasteiger partial charge in [0.2, 0.25) is 17.7 Å². The number of carbonyl (C=O) groups excluding carboxylic acids is 4. The smallest absolute Gasteiger partial charge is 0.367 e. The summed E-state index contributed by atoms with van der Waals surface area (Å²) in [7, 11) is 0. The number of H-pyrrole nitrogens is 2. The Labute approximate surface area is 184 Å². The molecule has 1 aromatic carbocycles. The molecule has 0 radical (unpaired) electrons. The first kappa shape index (κ1) is 23.4. The molecule has 1 heterocycles. The van der Waals surface area contributed by atoms with Crippen molar-refractivity contribution in [3.63, 3.8) is 0 Å². The molecule has 0 aliphatic rings. The second-order valence-electron chi connectivity index (χ2n) is 6.10. The Morgan fingerprint density at radius 3 is 2.50 bits per heavy atom. The van der Waals surface area contributed by atoms with Gasteiger partial charge in [0.25, 0.3) is 0 Å². The summed E-state index contributed by atoms with van der Waals surface area (Å²) >= 11 is 1.51. The van der Waals surface area contributed by atoms with Crippen LogP contribution in [0.2, 0.25) is 0 Å². The largest absolute Gasteiger partial charge is 0.465 e. The number of hydrogen-bond acceptors (Lipinski definition) is 7. The van der Waals surface area contributed by atoms with E-state index in [2.05, 4.69) is 20.6 Å². The number of halogens is 1.